The molecule has 102 valence electrons. The molecule has 0 amide bonds. The van der Waals surface area contributed by atoms with Crippen molar-refractivity contribution in [1.82, 2.24) is 15.0 Å². The third-order valence-electron chi connectivity index (χ3n) is 3.07. The summed E-state index contributed by atoms with van der Waals surface area (Å²) in [7, 11) is 1.96. The zero-order valence-electron chi connectivity index (χ0n) is 10.6. The molecule has 1 heterocycles. The van der Waals surface area contributed by atoms with Gasteiger partial charge in [-0.2, -0.15) is 0 Å². The van der Waals surface area contributed by atoms with Gasteiger partial charge in [0.2, 0.25) is 0 Å². The lowest BCUT2D eigenvalue weighted by Gasteiger charge is -2.16. The summed E-state index contributed by atoms with van der Waals surface area (Å²) in [5, 5.41) is 1.29. The number of aromatic nitrogens is 2. The van der Waals surface area contributed by atoms with Crippen LogP contribution in [0.15, 0.2) is 30.6 Å². The predicted octanol–water partition coefficient (Wildman–Crippen LogP) is 2.34. The highest BCUT2D eigenvalue weighted by molar-refractivity contribution is 6.35. The largest absolute Gasteiger partial charge is 0.338 e. The van der Waals surface area contributed by atoms with Crippen molar-refractivity contribution in [2.45, 2.75) is 18.9 Å². The van der Waals surface area contributed by atoms with Gasteiger partial charge in [-0.1, -0.05) is 29.3 Å². The van der Waals surface area contributed by atoms with Crippen molar-refractivity contribution in [3.63, 3.8) is 0 Å². The predicted molar refractivity (Wildman–Crippen MR) is 78.2 cm³/mol. The molecule has 0 aliphatic rings. The fourth-order valence-corrected chi connectivity index (χ4v) is 2.44. The Balaban J connectivity index is 2.09. The number of hydrogen-bond acceptors (Lipinski definition) is 3. The SMILES string of the molecule is Cn1ccnc1CC(Cc1ccc(Cl)cc1Cl)NN. The summed E-state index contributed by atoms with van der Waals surface area (Å²) in [4.78, 5) is 4.30. The minimum atomic E-state index is 0.0692. The molecule has 0 fully saturated rings. The van der Waals surface area contributed by atoms with Crippen molar-refractivity contribution in [2.24, 2.45) is 12.9 Å². The van der Waals surface area contributed by atoms with Gasteiger partial charge in [0.25, 0.3) is 0 Å². The molecule has 6 heteroatoms. The molecule has 1 aromatic carbocycles. The van der Waals surface area contributed by atoms with E-state index in [1.54, 1.807) is 12.3 Å². The van der Waals surface area contributed by atoms with Gasteiger partial charge in [-0.15, -0.1) is 0 Å². The minimum Gasteiger partial charge on any atom is -0.338 e. The lowest BCUT2D eigenvalue weighted by Crippen LogP contribution is -2.39. The number of hydrogen-bond donors (Lipinski definition) is 2. The fourth-order valence-electron chi connectivity index (χ4n) is 1.96. The minimum absolute atomic E-state index is 0.0692. The smallest absolute Gasteiger partial charge is 0.109 e. The zero-order valence-corrected chi connectivity index (χ0v) is 12.1. The number of imidazole rings is 1. The van der Waals surface area contributed by atoms with E-state index in [4.69, 9.17) is 29.0 Å². The number of benzene rings is 1. The molecule has 0 radical (unpaired) electrons. The highest BCUT2D eigenvalue weighted by Gasteiger charge is 2.13. The topological polar surface area (TPSA) is 55.9 Å². The third-order valence-corrected chi connectivity index (χ3v) is 3.65. The molecule has 0 spiro atoms. The molecule has 2 rings (SSSR count). The molecule has 0 saturated carbocycles. The van der Waals surface area contributed by atoms with Crippen LogP contribution in [0, 0.1) is 0 Å². The van der Waals surface area contributed by atoms with E-state index in [-0.39, 0.29) is 6.04 Å². The second-order valence-electron chi connectivity index (χ2n) is 4.46. The van der Waals surface area contributed by atoms with Gasteiger partial charge in [-0.3, -0.25) is 11.3 Å². The molecule has 0 bridgehead atoms. The second kappa shape index (κ2) is 6.39. The van der Waals surface area contributed by atoms with Gasteiger partial charge in [0.05, 0.1) is 0 Å². The molecule has 3 N–H and O–H groups in total. The van der Waals surface area contributed by atoms with E-state index < -0.39 is 0 Å². The standard InChI is InChI=1S/C13H16Cl2N4/c1-19-5-4-17-13(19)8-11(18-16)6-9-2-3-10(14)7-12(9)15/h2-5,7,11,18H,6,8,16H2,1H3. The first-order chi connectivity index (χ1) is 9.10. The third kappa shape index (κ3) is 3.70. The van der Waals surface area contributed by atoms with Crippen molar-refractivity contribution in [1.29, 1.82) is 0 Å². The Hall–Kier alpha value is -1.07. The van der Waals surface area contributed by atoms with Gasteiger partial charge in [0.1, 0.15) is 5.82 Å². The van der Waals surface area contributed by atoms with Crippen molar-refractivity contribution in [3.8, 4) is 0 Å². The number of halogens is 2. The van der Waals surface area contributed by atoms with Gasteiger partial charge < -0.3 is 4.57 Å². The molecule has 0 aliphatic heterocycles. The van der Waals surface area contributed by atoms with Crippen molar-refractivity contribution < 1.29 is 0 Å². The van der Waals surface area contributed by atoms with Crippen LogP contribution in [0.25, 0.3) is 0 Å². The monoisotopic (exact) mass is 298 g/mol. The van der Waals surface area contributed by atoms with E-state index >= 15 is 0 Å². The van der Waals surface area contributed by atoms with E-state index in [0.717, 1.165) is 24.2 Å². The Morgan fingerprint density at radius 2 is 2.16 bits per heavy atom. The number of hydrazine groups is 1. The average molecular weight is 299 g/mol. The van der Waals surface area contributed by atoms with E-state index in [9.17, 15) is 0 Å². The quantitative estimate of drug-likeness (QED) is 0.658. The second-order valence-corrected chi connectivity index (χ2v) is 5.31. The summed E-state index contributed by atoms with van der Waals surface area (Å²) in [5.74, 6) is 6.59. The van der Waals surface area contributed by atoms with Gasteiger partial charge in [0.15, 0.2) is 0 Å². The molecule has 4 nitrogen and oxygen atoms in total. The Morgan fingerprint density at radius 1 is 1.37 bits per heavy atom. The lowest BCUT2D eigenvalue weighted by molar-refractivity contribution is 0.505. The number of nitrogens with zero attached hydrogens (tertiary/aromatic N) is 2. The Kier molecular flexibility index (Phi) is 4.82. The van der Waals surface area contributed by atoms with Crippen LogP contribution >= 0.6 is 23.2 Å². The summed E-state index contributed by atoms with van der Waals surface area (Å²) in [6, 6.07) is 5.57. The van der Waals surface area contributed by atoms with Crippen LogP contribution in [0.3, 0.4) is 0 Å². The fraction of sp³-hybridized carbons (Fsp3) is 0.308. The first-order valence-electron chi connectivity index (χ1n) is 5.96. The van der Waals surface area contributed by atoms with Crippen LogP contribution in [-0.2, 0) is 19.9 Å². The summed E-state index contributed by atoms with van der Waals surface area (Å²) in [6.45, 7) is 0. The Bertz CT molecular complexity index is 553. The van der Waals surface area contributed by atoms with Crippen LogP contribution in [-0.4, -0.2) is 15.6 Å². The Labute approximate surface area is 122 Å². The molecular weight excluding hydrogens is 283 g/mol. The van der Waals surface area contributed by atoms with Gasteiger partial charge in [-0.25, -0.2) is 4.98 Å². The summed E-state index contributed by atoms with van der Waals surface area (Å²) >= 11 is 12.1. The molecule has 2 aromatic rings. The average Bonchev–Trinajstić information content (AvgIpc) is 2.77. The molecule has 19 heavy (non-hydrogen) atoms. The van der Waals surface area contributed by atoms with Gasteiger partial charge in [0, 0.05) is 41.9 Å². The number of nitrogens with two attached hydrogens (primary N) is 1. The van der Waals surface area contributed by atoms with Crippen LogP contribution in [0.1, 0.15) is 11.4 Å². The summed E-state index contributed by atoms with van der Waals surface area (Å²) < 4.78 is 1.98. The Morgan fingerprint density at radius 3 is 2.74 bits per heavy atom. The maximum atomic E-state index is 6.17. The summed E-state index contributed by atoms with van der Waals surface area (Å²) in [5.41, 5.74) is 3.83. The maximum Gasteiger partial charge on any atom is 0.109 e. The van der Waals surface area contributed by atoms with Crippen LogP contribution in [0.5, 0.6) is 0 Å². The molecule has 1 unspecified atom stereocenters. The summed E-state index contributed by atoms with van der Waals surface area (Å²) in [6.07, 6.45) is 5.15. The van der Waals surface area contributed by atoms with E-state index in [2.05, 4.69) is 10.4 Å². The number of rotatable bonds is 5. The van der Waals surface area contributed by atoms with Crippen LogP contribution in [0.2, 0.25) is 10.0 Å². The molecule has 1 aromatic heterocycles. The molecular formula is C13H16Cl2N4. The van der Waals surface area contributed by atoms with E-state index in [1.165, 1.54) is 0 Å². The van der Waals surface area contributed by atoms with Crippen molar-refractivity contribution in [3.05, 3.63) is 52.0 Å². The first-order valence-corrected chi connectivity index (χ1v) is 6.72. The van der Waals surface area contributed by atoms with Crippen molar-refractivity contribution >= 4 is 23.2 Å². The van der Waals surface area contributed by atoms with Crippen LogP contribution < -0.4 is 11.3 Å². The number of nitrogens with one attached hydrogen (secondary N) is 1. The highest BCUT2D eigenvalue weighted by Crippen LogP contribution is 2.22. The highest BCUT2D eigenvalue weighted by atomic mass is 35.5. The molecule has 0 aliphatic carbocycles. The normalized spacial score (nSPS) is 12.6. The lowest BCUT2D eigenvalue weighted by atomic mass is 10.0. The van der Waals surface area contributed by atoms with Gasteiger partial charge >= 0.3 is 0 Å². The van der Waals surface area contributed by atoms with E-state index in [0.29, 0.717) is 10.0 Å². The molecule has 0 saturated heterocycles. The van der Waals surface area contributed by atoms with Crippen LogP contribution in [0.4, 0.5) is 0 Å². The zero-order chi connectivity index (χ0) is 13.8. The van der Waals surface area contributed by atoms with E-state index in [1.807, 2.05) is 29.9 Å². The van der Waals surface area contributed by atoms with Gasteiger partial charge in [-0.05, 0) is 24.1 Å². The first kappa shape index (κ1) is 14.3. The molecule has 1 atom stereocenters. The maximum absolute atomic E-state index is 6.17. The number of aryl methyl sites for hydroxylation is 1. The van der Waals surface area contributed by atoms with Crippen molar-refractivity contribution in [2.75, 3.05) is 0 Å².